The molecule has 0 unspecified atom stereocenters. The van der Waals surface area contributed by atoms with Crippen LogP contribution in [-0.2, 0) is 19.4 Å². The van der Waals surface area contributed by atoms with Crippen LogP contribution in [0.25, 0.3) is 11.3 Å². The van der Waals surface area contributed by atoms with Crippen LogP contribution in [0.3, 0.4) is 0 Å². The second kappa shape index (κ2) is 9.86. The number of benzene rings is 2. The molecule has 8 nitrogen and oxygen atoms in total. The number of amides is 1. The summed E-state index contributed by atoms with van der Waals surface area (Å²) in [5.41, 5.74) is 8.79. The highest BCUT2D eigenvalue weighted by Crippen LogP contribution is 2.21. The standard InChI is InChI=1S/C25H24N4O4/c26-25-28-20(10-9-17-4-1-5-18(14-17)22-8-3-13-33-22)16-23(31)29(25)12-11-27-24(32)19-6-2-7-21(30)15-19/h1-8,13-16,30H,9-12H2,(H2,26,28)(H,27,32). The average molecular weight is 444 g/mol. The summed E-state index contributed by atoms with van der Waals surface area (Å²) in [5.74, 6) is 0.570. The first kappa shape index (κ1) is 21.9. The molecule has 2 heterocycles. The van der Waals surface area contributed by atoms with Crippen LogP contribution in [0.1, 0.15) is 21.6 Å². The van der Waals surface area contributed by atoms with E-state index in [-0.39, 0.29) is 36.3 Å². The molecule has 2 aromatic heterocycles. The molecule has 4 aromatic rings. The molecule has 0 aliphatic carbocycles. The van der Waals surface area contributed by atoms with E-state index in [0.29, 0.717) is 24.1 Å². The van der Waals surface area contributed by atoms with E-state index in [1.165, 1.54) is 22.8 Å². The number of hydrogen-bond acceptors (Lipinski definition) is 6. The Labute approximate surface area is 190 Å². The van der Waals surface area contributed by atoms with Gasteiger partial charge in [0, 0.05) is 30.3 Å². The number of carbonyl (C=O) groups excluding carboxylic acids is 1. The second-order valence-corrected chi connectivity index (χ2v) is 7.58. The van der Waals surface area contributed by atoms with Crippen LogP contribution in [0.2, 0.25) is 0 Å². The van der Waals surface area contributed by atoms with E-state index in [2.05, 4.69) is 16.4 Å². The van der Waals surface area contributed by atoms with Gasteiger partial charge in [0.1, 0.15) is 11.5 Å². The van der Waals surface area contributed by atoms with Crippen molar-refractivity contribution in [2.45, 2.75) is 19.4 Å². The minimum atomic E-state index is -0.348. The maximum Gasteiger partial charge on any atom is 0.255 e. The summed E-state index contributed by atoms with van der Waals surface area (Å²) >= 11 is 0. The smallest absolute Gasteiger partial charge is 0.255 e. The van der Waals surface area contributed by atoms with Crippen molar-refractivity contribution in [3.63, 3.8) is 0 Å². The lowest BCUT2D eigenvalue weighted by Crippen LogP contribution is -2.32. The van der Waals surface area contributed by atoms with Crippen molar-refractivity contribution in [2.75, 3.05) is 12.3 Å². The minimum absolute atomic E-state index is 0.00981. The van der Waals surface area contributed by atoms with Gasteiger partial charge in [-0.25, -0.2) is 4.98 Å². The van der Waals surface area contributed by atoms with Crippen LogP contribution in [0.4, 0.5) is 5.95 Å². The first-order valence-electron chi connectivity index (χ1n) is 10.6. The Hall–Kier alpha value is -4.33. The Balaban J connectivity index is 1.36. The molecule has 168 valence electrons. The number of aryl methyl sites for hydroxylation is 2. The lowest BCUT2D eigenvalue weighted by Gasteiger charge is -2.11. The van der Waals surface area contributed by atoms with Gasteiger partial charge in [-0.3, -0.25) is 14.2 Å². The minimum Gasteiger partial charge on any atom is -0.508 e. The number of furan rings is 1. The first-order chi connectivity index (χ1) is 16.0. The molecule has 0 bridgehead atoms. The van der Waals surface area contributed by atoms with Crippen LogP contribution in [0, 0.1) is 0 Å². The van der Waals surface area contributed by atoms with Gasteiger partial charge in [-0.05, 0) is 54.8 Å². The van der Waals surface area contributed by atoms with Gasteiger partial charge in [-0.1, -0.05) is 24.3 Å². The van der Waals surface area contributed by atoms with Gasteiger partial charge >= 0.3 is 0 Å². The van der Waals surface area contributed by atoms with Crippen molar-refractivity contribution < 1.29 is 14.3 Å². The zero-order valence-corrected chi connectivity index (χ0v) is 17.9. The lowest BCUT2D eigenvalue weighted by atomic mass is 10.0. The van der Waals surface area contributed by atoms with Crippen LogP contribution in [0.15, 0.2) is 82.2 Å². The van der Waals surface area contributed by atoms with Gasteiger partial charge < -0.3 is 20.6 Å². The maximum atomic E-state index is 12.6. The van der Waals surface area contributed by atoms with Crippen molar-refractivity contribution in [2.24, 2.45) is 0 Å². The monoisotopic (exact) mass is 444 g/mol. The van der Waals surface area contributed by atoms with Crippen molar-refractivity contribution in [3.05, 3.63) is 100 Å². The van der Waals surface area contributed by atoms with Gasteiger partial charge in [0.05, 0.1) is 12.0 Å². The highest BCUT2D eigenvalue weighted by atomic mass is 16.3. The maximum absolute atomic E-state index is 12.6. The largest absolute Gasteiger partial charge is 0.508 e. The number of carbonyl (C=O) groups is 1. The number of nitrogen functional groups attached to an aromatic ring is 1. The van der Waals surface area contributed by atoms with Crippen LogP contribution in [0.5, 0.6) is 5.75 Å². The number of nitrogens with zero attached hydrogens (tertiary/aromatic N) is 2. The molecule has 4 rings (SSSR count). The highest BCUT2D eigenvalue weighted by Gasteiger charge is 2.09. The first-order valence-corrected chi connectivity index (χ1v) is 10.6. The van der Waals surface area contributed by atoms with Gasteiger partial charge in [-0.2, -0.15) is 0 Å². The molecule has 1 amide bonds. The second-order valence-electron chi connectivity index (χ2n) is 7.58. The third-order valence-corrected chi connectivity index (χ3v) is 5.22. The van der Waals surface area contributed by atoms with Gasteiger partial charge in [-0.15, -0.1) is 0 Å². The predicted octanol–water partition coefficient (Wildman–Crippen LogP) is 3.01. The highest BCUT2D eigenvalue weighted by molar-refractivity contribution is 5.94. The van der Waals surface area contributed by atoms with Crippen molar-refractivity contribution >= 4 is 11.9 Å². The molecule has 33 heavy (non-hydrogen) atoms. The molecule has 0 fully saturated rings. The normalized spacial score (nSPS) is 10.8. The Morgan fingerprint density at radius 2 is 1.91 bits per heavy atom. The molecule has 0 aliphatic heterocycles. The fraction of sp³-hybridized carbons (Fsp3) is 0.160. The number of aromatic nitrogens is 2. The van der Waals surface area contributed by atoms with E-state index in [1.807, 2.05) is 30.3 Å². The molecule has 0 saturated carbocycles. The van der Waals surface area contributed by atoms with Gasteiger partial charge in [0.2, 0.25) is 5.95 Å². The Morgan fingerprint density at radius 3 is 2.67 bits per heavy atom. The molecular weight excluding hydrogens is 420 g/mol. The quantitative estimate of drug-likeness (QED) is 0.384. The predicted molar refractivity (Wildman–Crippen MR) is 125 cm³/mol. The molecule has 2 aromatic carbocycles. The number of phenolic OH excluding ortho intramolecular Hbond substituents is 1. The van der Waals surface area contributed by atoms with Crippen molar-refractivity contribution in [3.8, 4) is 17.1 Å². The number of nitrogens with two attached hydrogens (primary N) is 1. The number of phenols is 1. The van der Waals surface area contributed by atoms with Crippen LogP contribution >= 0.6 is 0 Å². The number of anilines is 1. The summed E-state index contributed by atoms with van der Waals surface area (Å²) in [5, 5.41) is 12.2. The Bertz CT molecular complexity index is 1310. The van der Waals surface area contributed by atoms with Crippen LogP contribution < -0.4 is 16.6 Å². The molecule has 0 saturated heterocycles. The van der Waals surface area contributed by atoms with Gasteiger partial charge in [0.15, 0.2) is 0 Å². The number of nitrogens with one attached hydrogen (secondary N) is 1. The molecular formula is C25H24N4O4. The van der Waals surface area contributed by atoms with E-state index in [1.54, 1.807) is 18.4 Å². The average Bonchev–Trinajstić information content (AvgIpc) is 3.35. The fourth-order valence-electron chi connectivity index (χ4n) is 3.55. The van der Waals surface area contributed by atoms with Crippen molar-refractivity contribution in [1.29, 1.82) is 0 Å². The molecule has 0 spiro atoms. The summed E-state index contributed by atoms with van der Waals surface area (Å²) in [7, 11) is 0. The Morgan fingerprint density at radius 1 is 1.06 bits per heavy atom. The van der Waals surface area contributed by atoms with E-state index >= 15 is 0 Å². The van der Waals surface area contributed by atoms with E-state index in [9.17, 15) is 14.7 Å². The van der Waals surface area contributed by atoms with Crippen molar-refractivity contribution in [1.82, 2.24) is 14.9 Å². The zero-order valence-electron chi connectivity index (χ0n) is 17.9. The number of hydrogen-bond donors (Lipinski definition) is 3. The molecule has 8 heteroatoms. The summed E-state index contributed by atoms with van der Waals surface area (Å²) in [6.45, 7) is 0.382. The topological polar surface area (TPSA) is 123 Å². The fourth-order valence-corrected chi connectivity index (χ4v) is 3.55. The van der Waals surface area contributed by atoms with E-state index < -0.39 is 0 Å². The summed E-state index contributed by atoms with van der Waals surface area (Å²) in [6, 6.07) is 19.3. The third kappa shape index (κ3) is 5.48. The molecule has 0 atom stereocenters. The number of aromatic hydroxyl groups is 1. The van der Waals surface area contributed by atoms with E-state index in [4.69, 9.17) is 10.2 Å². The van der Waals surface area contributed by atoms with E-state index in [0.717, 1.165) is 16.9 Å². The third-order valence-electron chi connectivity index (χ3n) is 5.22. The van der Waals surface area contributed by atoms with Gasteiger partial charge in [0.25, 0.3) is 11.5 Å². The summed E-state index contributed by atoms with van der Waals surface area (Å²) < 4.78 is 6.77. The van der Waals surface area contributed by atoms with Crippen LogP contribution in [-0.4, -0.2) is 27.1 Å². The zero-order chi connectivity index (χ0) is 23.2. The number of rotatable bonds is 8. The lowest BCUT2D eigenvalue weighted by molar-refractivity contribution is 0.0951. The molecule has 0 radical (unpaired) electrons. The molecule has 0 aliphatic rings. The molecule has 4 N–H and O–H groups in total. The Kier molecular flexibility index (Phi) is 6.54. The summed E-state index contributed by atoms with van der Waals surface area (Å²) in [4.78, 5) is 29.1. The summed E-state index contributed by atoms with van der Waals surface area (Å²) in [6.07, 6.45) is 2.90. The SMILES string of the molecule is Nc1nc(CCc2cccc(-c3ccco3)c2)cc(=O)n1CCNC(=O)c1cccc(O)c1.